The van der Waals surface area contributed by atoms with Gasteiger partial charge >= 0.3 is 0 Å². The number of ether oxygens (including phenoxy) is 1. The zero-order valence-corrected chi connectivity index (χ0v) is 16.6. The van der Waals surface area contributed by atoms with E-state index in [0.29, 0.717) is 18.7 Å². The summed E-state index contributed by atoms with van der Waals surface area (Å²) in [5.41, 5.74) is 0. The van der Waals surface area contributed by atoms with Crippen molar-refractivity contribution in [3.63, 3.8) is 0 Å². The molecule has 2 aliphatic heterocycles. The molecule has 0 unspecified atom stereocenters. The Morgan fingerprint density at radius 1 is 0.929 bits per heavy atom. The van der Waals surface area contributed by atoms with Gasteiger partial charge in [-0.2, -0.15) is 4.31 Å². The van der Waals surface area contributed by atoms with Crippen LogP contribution in [0.1, 0.15) is 25.7 Å². The number of hydrogen-bond acceptors (Lipinski definition) is 6. The van der Waals surface area contributed by atoms with Gasteiger partial charge in [0.05, 0.1) is 9.79 Å². The van der Waals surface area contributed by atoms with Crippen molar-refractivity contribution in [2.45, 2.75) is 53.7 Å². The second-order valence-electron chi connectivity index (χ2n) is 7.12. The summed E-state index contributed by atoms with van der Waals surface area (Å²) < 4.78 is 56.6. The van der Waals surface area contributed by atoms with Gasteiger partial charge in [-0.3, -0.25) is 0 Å². The zero-order chi connectivity index (χ0) is 19.9. The first-order valence-corrected chi connectivity index (χ1v) is 12.0. The number of aromatic nitrogens is 1. The number of pyridine rings is 1. The molecule has 2 bridgehead atoms. The quantitative estimate of drug-likeness (QED) is 0.778. The summed E-state index contributed by atoms with van der Waals surface area (Å²) in [7, 11) is -7.60. The minimum Gasteiger partial charge on any atom is -0.474 e. The third kappa shape index (κ3) is 3.64. The second-order valence-corrected chi connectivity index (χ2v) is 10.5. The molecule has 10 heteroatoms. The molecule has 2 aliphatic rings. The van der Waals surface area contributed by atoms with E-state index in [-0.39, 0.29) is 28.0 Å². The normalized spacial score (nSPS) is 25.5. The molecule has 2 N–H and O–H groups in total. The van der Waals surface area contributed by atoms with Crippen molar-refractivity contribution in [3.8, 4) is 5.88 Å². The van der Waals surface area contributed by atoms with Gasteiger partial charge in [-0.1, -0.05) is 6.07 Å². The van der Waals surface area contributed by atoms with Crippen LogP contribution in [-0.2, 0) is 20.0 Å². The van der Waals surface area contributed by atoms with Crippen LogP contribution in [0.15, 0.2) is 58.5 Å². The Labute approximate surface area is 164 Å². The summed E-state index contributed by atoms with van der Waals surface area (Å²) in [5, 5.41) is 5.08. The molecule has 4 rings (SSSR count). The molecule has 28 heavy (non-hydrogen) atoms. The Morgan fingerprint density at radius 3 is 2.07 bits per heavy atom. The van der Waals surface area contributed by atoms with Crippen LogP contribution < -0.4 is 9.88 Å². The summed E-state index contributed by atoms with van der Waals surface area (Å²) in [6.45, 7) is 0. The van der Waals surface area contributed by atoms with E-state index < -0.39 is 20.0 Å². The van der Waals surface area contributed by atoms with Crippen molar-refractivity contribution in [1.29, 1.82) is 0 Å². The lowest BCUT2D eigenvalue weighted by atomic mass is 10.0. The topological polar surface area (TPSA) is 120 Å². The van der Waals surface area contributed by atoms with Gasteiger partial charge in [-0.15, -0.1) is 0 Å². The van der Waals surface area contributed by atoms with Gasteiger partial charge in [0.2, 0.25) is 25.9 Å². The van der Waals surface area contributed by atoms with Crippen LogP contribution in [0, 0.1) is 0 Å². The van der Waals surface area contributed by atoms with E-state index in [9.17, 15) is 16.8 Å². The van der Waals surface area contributed by atoms with E-state index in [1.54, 1.807) is 16.6 Å². The first kappa shape index (κ1) is 19.3. The fraction of sp³-hybridized carbons (Fsp3) is 0.389. The minimum absolute atomic E-state index is 0.0703. The lowest BCUT2D eigenvalue weighted by Gasteiger charge is -2.37. The summed E-state index contributed by atoms with van der Waals surface area (Å²) in [6.07, 6.45) is 4.34. The van der Waals surface area contributed by atoms with Gasteiger partial charge in [0.15, 0.2) is 0 Å². The Bertz CT molecular complexity index is 1040. The van der Waals surface area contributed by atoms with Crippen LogP contribution in [0.2, 0.25) is 0 Å². The van der Waals surface area contributed by atoms with Crippen LogP contribution in [0.3, 0.4) is 0 Å². The van der Waals surface area contributed by atoms with Crippen LogP contribution in [0.5, 0.6) is 5.88 Å². The van der Waals surface area contributed by atoms with E-state index in [4.69, 9.17) is 9.88 Å². The number of nitrogens with two attached hydrogens (primary N) is 1. The highest BCUT2D eigenvalue weighted by atomic mass is 32.2. The van der Waals surface area contributed by atoms with Gasteiger partial charge in [0.25, 0.3) is 0 Å². The highest BCUT2D eigenvalue weighted by Gasteiger charge is 2.48. The minimum atomic E-state index is -3.87. The molecule has 0 radical (unpaired) electrons. The van der Waals surface area contributed by atoms with Crippen molar-refractivity contribution in [3.05, 3.63) is 48.7 Å². The Hall–Kier alpha value is -2.01. The number of benzene rings is 1. The number of hydrogen-bond donors (Lipinski definition) is 1. The molecule has 2 aromatic rings. The third-order valence-corrected chi connectivity index (χ3v) is 8.22. The fourth-order valence-electron chi connectivity index (χ4n) is 4.08. The maximum absolute atomic E-state index is 13.2. The zero-order valence-electron chi connectivity index (χ0n) is 15.0. The number of piperidine rings is 1. The predicted octanol–water partition coefficient (Wildman–Crippen LogP) is 1.49. The van der Waals surface area contributed by atoms with E-state index >= 15 is 0 Å². The largest absolute Gasteiger partial charge is 0.474 e. The molecular weight excluding hydrogens is 402 g/mol. The van der Waals surface area contributed by atoms with Crippen molar-refractivity contribution in [1.82, 2.24) is 9.29 Å². The maximum atomic E-state index is 13.2. The first-order valence-electron chi connectivity index (χ1n) is 8.99. The lowest BCUT2D eigenvalue weighted by molar-refractivity contribution is 0.0918. The van der Waals surface area contributed by atoms with Gasteiger partial charge in [-0.25, -0.2) is 27.0 Å². The van der Waals surface area contributed by atoms with Crippen molar-refractivity contribution < 1.29 is 21.6 Å². The van der Waals surface area contributed by atoms with Crippen LogP contribution in [0.4, 0.5) is 0 Å². The molecule has 150 valence electrons. The summed E-state index contributed by atoms with van der Waals surface area (Å²) >= 11 is 0. The highest BCUT2D eigenvalue weighted by Crippen LogP contribution is 2.40. The molecule has 8 nitrogen and oxygen atoms in total. The van der Waals surface area contributed by atoms with Gasteiger partial charge in [-0.05, 0) is 43.2 Å². The second kappa shape index (κ2) is 7.11. The summed E-state index contributed by atoms with van der Waals surface area (Å²) in [4.78, 5) is 4.13. The number of nitrogens with zero attached hydrogens (tertiary/aromatic N) is 2. The average Bonchev–Trinajstić information content (AvgIpc) is 2.94. The number of sulfonamides is 2. The molecule has 2 atom stereocenters. The van der Waals surface area contributed by atoms with E-state index in [0.717, 1.165) is 12.8 Å². The molecule has 0 saturated carbocycles. The number of primary sulfonamides is 1. The predicted molar refractivity (Wildman–Crippen MR) is 102 cm³/mol. The maximum Gasteiger partial charge on any atom is 0.243 e. The monoisotopic (exact) mass is 423 g/mol. The molecule has 2 saturated heterocycles. The van der Waals surface area contributed by atoms with Crippen molar-refractivity contribution in [2.24, 2.45) is 5.14 Å². The molecule has 0 spiro atoms. The Kier molecular flexibility index (Phi) is 4.90. The number of rotatable bonds is 5. The van der Waals surface area contributed by atoms with Crippen LogP contribution in [0.25, 0.3) is 0 Å². The van der Waals surface area contributed by atoms with E-state index in [1.807, 2.05) is 12.1 Å². The van der Waals surface area contributed by atoms with Gasteiger partial charge in [0.1, 0.15) is 6.10 Å². The Morgan fingerprint density at radius 2 is 1.54 bits per heavy atom. The molecule has 3 heterocycles. The molecule has 0 aliphatic carbocycles. The smallest absolute Gasteiger partial charge is 0.243 e. The van der Waals surface area contributed by atoms with Crippen molar-refractivity contribution in [2.75, 3.05) is 0 Å². The molecule has 1 aromatic carbocycles. The summed E-state index contributed by atoms with van der Waals surface area (Å²) in [6, 6.07) is 10.2. The molecule has 1 aromatic heterocycles. The third-order valence-electron chi connectivity index (χ3n) is 5.28. The number of fused-ring (bicyclic) bond motifs is 2. The fourth-order valence-corrected chi connectivity index (χ4v) is 6.49. The van der Waals surface area contributed by atoms with E-state index in [1.165, 1.54) is 24.3 Å². The highest BCUT2D eigenvalue weighted by molar-refractivity contribution is 7.89. The summed E-state index contributed by atoms with van der Waals surface area (Å²) in [5.74, 6) is 0.543. The van der Waals surface area contributed by atoms with Crippen LogP contribution in [-0.4, -0.2) is 44.3 Å². The average molecular weight is 424 g/mol. The van der Waals surface area contributed by atoms with Gasteiger partial charge in [0, 0.05) is 37.2 Å². The standard InChI is InChI=1S/C18H21N3O5S2/c19-27(22,23)16-6-8-17(9-7-16)28(24,25)21-13-4-5-14(21)12-15(11-13)26-18-3-1-2-10-20-18/h1-3,6-10,13-15H,4-5,11-12H2,(H2,19,22,23)/t13-,14-/m0/s1. The molecule has 2 fully saturated rings. The SMILES string of the molecule is NS(=O)(=O)c1ccc(S(=O)(=O)N2[C@H]3CC[C@H]2CC(Oc2ccccn2)C3)cc1. The first-order chi connectivity index (χ1) is 13.2. The lowest BCUT2D eigenvalue weighted by Crippen LogP contribution is -2.49. The van der Waals surface area contributed by atoms with Crippen molar-refractivity contribution >= 4 is 20.0 Å². The molecule has 0 amide bonds. The Balaban J connectivity index is 1.53. The molecular formula is C18H21N3O5S2. The van der Waals surface area contributed by atoms with Gasteiger partial charge < -0.3 is 4.74 Å². The van der Waals surface area contributed by atoms with Crippen LogP contribution >= 0.6 is 0 Å². The van der Waals surface area contributed by atoms with E-state index in [2.05, 4.69) is 4.98 Å².